The van der Waals surface area contributed by atoms with Gasteiger partial charge in [-0.05, 0) is 18.8 Å². The number of nitrogens with one attached hydrogen (secondary N) is 1. The van der Waals surface area contributed by atoms with E-state index < -0.39 is 0 Å². The summed E-state index contributed by atoms with van der Waals surface area (Å²) >= 11 is 0. The van der Waals surface area contributed by atoms with E-state index in [4.69, 9.17) is 4.74 Å². The molecule has 1 fully saturated rings. The van der Waals surface area contributed by atoms with Gasteiger partial charge in [0.25, 0.3) is 0 Å². The third-order valence-corrected chi connectivity index (χ3v) is 3.28. The number of likely N-dealkylation sites (tertiary alicyclic amines) is 1. The van der Waals surface area contributed by atoms with Crippen LogP contribution in [0.15, 0.2) is 0 Å². The highest BCUT2D eigenvalue weighted by molar-refractivity contribution is 5.73. The molecule has 0 spiro atoms. The number of urea groups is 1. The first-order valence-corrected chi connectivity index (χ1v) is 7.28. The normalized spacial score (nSPS) is 17.0. The molecule has 0 radical (unpaired) electrons. The number of nitrogens with zero attached hydrogens (tertiary/aromatic N) is 2. The van der Waals surface area contributed by atoms with Gasteiger partial charge in [-0.2, -0.15) is 0 Å². The predicted octanol–water partition coefficient (Wildman–Crippen LogP) is 1.39. The molecule has 112 valence electrons. The fraction of sp³-hybridized carbons (Fsp3) is 0.929. The summed E-state index contributed by atoms with van der Waals surface area (Å²) in [5, 5.41) is 3.51. The summed E-state index contributed by atoms with van der Waals surface area (Å²) in [6, 6.07) is 0.646. The van der Waals surface area contributed by atoms with Gasteiger partial charge in [0.2, 0.25) is 0 Å². The van der Waals surface area contributed by atoms with Crippen molar-refractivity contribution in [2.24, 2.45) is 5.92 Å². The van der Waals surface area contributed by atoms with E-state index >= 15 is 0 Å². The van der Waals surface area contributed by atoms with Gasteiger partial charge in [-0.3, -0.25) is 0 Å². The van der Waals surface area contributed by atoms with Gasteiger partial charge in [0.1, 0.15) is 0 Å². The average Bonchev–Trinajstić information content (AvgIpc) is 2.37. The molecule has 0 aliphatic carbocycles. The van der Waals surface area contributed by atoms with Crippen molar-refractivity contribution < 1.29 is 9.53 Å². The quantitative estimate of drug-likeness (QED) is 0.743. The summed E-state index contributed by atoms with van der Waals surface area (Å²) < 4.78 is 5.54. The van der Waals surface area contributed by atoms with Crippen molar-refractivity contribution in [3.8, 4) is 0 Å². The van der Waals surface area contributed by atoms with Gasteiger partial charge in [-0.25, -0.2) is 4.79 Å². The number of amides is 2. The van der Waals surface area contributed by atoms with E-state index in [-0.39, 0.29) is 6.03 Å². The minimum Gasteiger partial charge on any atom is -0.380 e. The molecule has 5 heteroatoms. The smallest absolute Gasteiger partial charge is 0.319 e. The number of hydrogen-bond acceptors (Lipinski definition) is 3. The van der Waals surface area contributed by atoms with Crippen molar-refractivity contribution in [3.05, 3.63) is 0 Å². The van der Waals surface area contributed by atoms with Crippen LogP contribution >= 0.6 is 0 Å². The third-order valence-electron chi connectivity index (χ3n) is 3.28. The third kappa shape index (κ3) is 6.25. The molecule has 2 amide bonds. The zero-order valence-electron chi connectivity index (χ0n) is 12.8. The Morgan fingerprint density at radius 1 is 1.37 bits per heavy atom. The maximum atomic E-state index is 11.8. The Morgan fingerprint density at radius 2 is 2.00 bits per heavy atom. The molecular weight excluding hydrogens is 242 g/mol. The summed E-state index contributed by atoms with van der Waals surface area (Å²) in [5.41, 5.74) is 0. The molecule has 1 saturated heterocycles. The monoisotopic (exact) mass is 271 g/mol. The number of rotatable bonds is 6. The minimum atomic E-state index is 0.124. The van der Waals surface area contributed by atoms with Gasteiger partial charge in [-0.15, -0.1) is 0 Å². The number of hydrogen-bond donors (Lipinski definition) is 1. The van der Waals surface area contributed by atoms with Crippen molar-refractivity contribution in [1.82, 2.24) is 15.1 Å². The van der Waals surface area contributed by atoms with Crippen molar-refractivity contribution in [2.75, 3.05) is 46.9 Å². The summed E-state index contributed by atoms with van der Waals surface area (Å²) in [5.74, 6) is 0.597. The van der Waals surface area contributed by atoms with E-state index in [1.807, 2.05) is 4.90 Å². The first-order valence-electron chi connectivity index (χ1n) is 7.28. The minimum absolute atomic E-state index is 0.124. The fourth-order valence-electron chi connectivity index (χ4n) is 2.21. The van der Waals surface area contributed by atoms with Crippen molar-refractivity contribution in [2.45, 2.75) is 32.7 Å². The van der Waals surface area contributed by atoms with Crippen LogP contribution in [0, 0.1) is 5.92 Å². The average molecular weight is 271 g/mol. The maximum absolute atomic E-state index is 11.8. The van der Waals surface area contributed by atoms with Gasteiger partial charge in [-0.1, -0.05) is 13.8 Å². The molecule has 0 atom stereocenters. The summed E-state index contributed by atoms with van der Waals surface area (Å²) in [4.78, 5) is 15.3. The van der Waals surface area contributed by atoms with Crippen LogP contribution in [0.3, 0.4) is 0 Å². The molecule has 0 aromatic rings. The summed E-state index contributed by atoms with van der Waals surface area (Å²) in [6.45, 7) is 8.52. The highest BCUT2D eigenvalue weighted by Gasteiger charge is 2.23. The molecule has 1 heterocycles. The van der Waals surface area contributed by atoms with Gasteiger partial charge in [0.15, 0.2) is 0 Å². The Morgan fingerprint density at radius 3 is 2.53 bits per heavy atom. The molecule has 1 N–H and O–H groups in total. The Balaban J connectivity index is 2.08. The molecule has 0 aromatic carbocycles. The zero-order chi connectivity index (χ0) is 14.3. The van der Waals surface area contributed by atoms with Gasteiger partial charge < -0.3 is 19.9 Å². The number of ether oxygens (including phenoxy) is 1. The van der Waals surface area contributed by atoms with E-state index in [1.165, 1.54) is 0 Å². The highest BCUT2D eigenvalue weighted by Crippen LogP contribution is 2.11. The van der Waals surface area contributed by atoms with Crippen LogP contribution in [0.1, 0.15) is 26.7 Å². The standard InChI is InChI=1S/C14H29N3O2/c1-12(2)11-19-10-7-15-13-5-8-17(9-6-13)14(18)16(3)4/h12-13,15H,5-11H2,1-4H3. The largest absolute Gasteiger partial charge is 0.380 e. The Labute approximate surface area is 117 Å². The molecule has 0 aromatic heterocycles. The number of piperidine rings is 1. The van der Waals surface area contributed by atoms with Crippen LogP contribution in [0.5, 0.6) is 0 Å². The van der Waals surface area contributed by atoms with E-state index in [0.717, 1.165) is 45.7 Å². The lowest BCUT2D eigenvalue weighted by atomic mass is 10.1. The Bertz CT molecular complexity index is 261. The molecule has 19 heavy (non-hydrogen) atoms. The van der Waals surface area contributed by atoms with Crippen LogP contribution in [0.4, 0.5) is 4.79 Å². The fourth-order valence-corrected chi connectivity index (χ4v) is 2.21. The summed E-state index contributed by atoms with van der Waals surface area (Å²) in [7, 11) is 3.61. The van der Waals surface area contributed by atoms with Crippen molar-refractivity contribution in [1.29, 1.82) is 0 Å². The maximum Gasteiger partial charge on any atom is 0.319 e. The lowest BCUT2D eigenvalue weighted by Gasteiger charge is -2.34. The van der Waals surface area contributed by atoms with E-state index in [2.05, 4.69) is 19.2 Å². The van der Waals surface area contributed by atoms with Gasteiger partial charge >= 0.3 is 6.03 Å². The van der Waals surface area contributed by atoms with Gasteiger partial charge in [0, 0.05) is 46.4 Å². The van der Waals surface area contributed by atoms with Crippen LogP contribution in [0.2, 0.25) is 0 Å². The van der Waals surface area contributed by atoms with E-state index in [0.29, 0.717) is 12.0 Å². The molecule has 5 nitrogen and oxygen atoms in total. The van der Waals surface area contributed by atoms with Crippen LogP contribution in [-0.2, 0) is 4.74 Å². The molecule has 0 saturated carbocycles. The zero-order valence-corrected chi connectivity index (χ0v) is 12.8. The predicted molar refractivity (Wildman–Crippen MR) is 77.3 cm³/mol. The lowest BCUT2D eigenvalue weighted by molar-refractivity contribution is 0.106. The van der Waals surface area contributed by atoms with Crippen LogP contribution in [0.25, 0.3) is 0 Å². The Kier molecular flexibility index (Phi) is 7.16. The first-order chi connectivity index (χ1) is 9.00. The second-order valence-corrected chi connectivity index (χ2v) is 5.86. The lowest BCUT2D eigenvalue weighted by Crippen LogP contribution is -2.48. The SMILES string of the molecule is CC(C)COCCNC1CCN(C(=O)N(C)C)CC1. The second kappa shape index (κ2) is 8.38. The van der Waals surface area contributed by atoms with Crippen molar-refractivity contribution >= 4 is 6.03 Å². The molecule has 0 bridgehead atoms. The topological polar surface area (TPSA) is 44.8 Å². The molecule has 0 unspecified atom stereocenters. The van der Waals surface area contributed by atoms with Crippen molar-refractivity contribution in [3.63, 3.8) is 0 Å². The second-order valence-electron chi connectivity index (χ2n) is 5.86. The van der Waals surface area contributed by atoms with E-state index in [1.54, 1.807) is 19.0 Å². The Hall–Kier alpha value is -0.810. The van der Waals surface area contributed by atoms with Crippen LogP contribution in [-0.4, -0.2) is 68.8 Å². The number of carbonyl (C=O) groups excluding carboxylic acids is 1. The molecule has 1 aliphatic rings. The van der Waals surface area contributed by atoms with E-state index in [9.17, 15) is 4.79 Å². The molecule has 1 rings (SSSR count). The number of carbonyl (C=O) groups is 1. The first kappa shape index (κ1) is 16.2. The molecular formula is C14H29N3O2. The van der Waals surface area contributed by atoms with Crippen LogP contribution < -0.4 is 5.32 Å². The van der Waals surface area contributed by atoms with Gasteiger partial charge in [0.05, 0.1) is 6.61 Å². The molecule has 1 aliphatic heterocycles. The highest BCUT2D eigenvalue weighted by atomic mass is 16.5. The summed E-state index contributed by atoms with van der Waals surface area (Å²) in [6.07, 6.45) is 2.06.